The van der Waals surface area contributed by atoms with Crippen molar-refractivity contribution in [2.75, 3.05) is 0 Å². The van der Waals surface area contributed by atoms with Crippen molar-refractivity contribution < 1.29 is 9.59 Å². The first-order valence-electron chi connectivity index (χ1n) is 5.73. The summed E-state index contributed by atoms with van der Waals surface area (Å²) in [4.78, 5) is 29.6. The lowest BCUT2D eigenvalue weighted by molar-refractivity contribution is 0.0611. The van der Waals surface area contributed by atoms with Crippen LogP contribution in [0.4, 0.5) is 5.69 Å². The molecule has 9 nitrogen and oxygen atoms in total. The molecular formula is C12H5N7O2. The van der Waals surface area contributed by atoms with Crippen molar-refractivity contribution in [1.82, 2.24) is 5.01 Å². The van der Waals surface area contributed by atoms with Crippen molar-refractivity contribution in [2.24, 2.45) is 10.3 Å². The molecule has 9 heteroatoms. The number of rotatable bonds is 2. The number of carbonyl (C=O) groups is 2. The zero-order chi connectivity index (χ0) is 15.0. The van der Waals surface area contributed by atoms with E-state index in [9.17, 15) is 9.59 Å². The smallest absolute Gasteiger partial charge is 0.240 e. The maximum absolute atomic E-state index is 12.2. The summed E-state index contributed by atoms with van der Waals surface area (Å²) >= 11 is 0. The summed E-state index contributed by atoms with van der Waals surface area (Å²) in [6.07, 6.45) is 0. The van der Waals surface area contributed by atoms with Gasteiger partial charge in [0.15, 0.2) is 0 Å². The van der Waals surface area contributed by atoms with E-state index >= 15 is 0 Å². The summed E-state index contributed by atoms with van der Waals surface area (Å²) < 4.78 is 0. The molecule has 1 aliphatic rings. The van der Waals surface area contributed by atoms with Gasteiger partial charge >= 0.3 is 11.8 Å². The fourth-order valence-electron chi connectivity index (χ4n) is 2.32. The Morgan fingerprint density at radius 2 is 1.67 bits per heavy atom. The van der Waals surface area contributed by atoms with Crippen molar-refractivity contribution in [2.45, 2.75) is 0 Å². The third-order valence-corrected chi connectivity index (χ3v) is 3.15. The number of hydrogen-bond donors (Lipinski definition) is 0. The zero-order valence-corrected chi connectivity index (χ0v) is 10.3. The van der Waals surface area contributed by atoms with E-state index in [1.54, 1.807) is 12.1 Å². The molecule has 3 rings (SSSR count). The van der Waals surface area contributed by atoms with Gasteiger partial charge in [-0.2, -0.15) is 4.91 Å². The van der Waals surface area contributed by atoms with Crippen LogP contribution in [0.1, 0.15) is 20.7 Å². The molecule has 2 amide bonds. The van der Waals surface area contributed by atoms with Gasteiger partial charge in [0.25, 0.3) is 0 Å². The molecule has 0 unspecified atom stereocenters. The van der Waals surface area contributed by atoms with E-state index in [4.69, 9.17) is 11.1 Å². The lowest BCUT2D eigenvalue weighted by atomic mass is 9.94. The summed E-state index contributed by atoms with van der Waals surface area (Å²) in [6, 6.07) is 7.67. The molecule has 21 heavy (non-hydrogen) atoms. The number of carbonyl (C=O) groups excluding carboxylic acids is 2. The number of amides is 2. The third-order valence-electron chi connectivity index (χ3n) is 3.15. The standard InChI is InChI=1S/C12H5N7O2/c13-16-15-9-5-4-8-10-6(9)2-1-3-7(10)11(20)19(12(8)21)18-17-14/h1-5H. The first-order chi connectivity index (χ1) is 10.2. The third kappa shape index (κ3) is 1.67. The van der Waals surface area contributed by atoms with E-state index in [0.717, 1.165) is 0 Å². The van der Waals surface area contributed by atoms with Crippen molar-refractivity contribution in [3.8, 4) is 0 Å². The molecule has 2 aromatic rings. The Bertz CT molecular complexity index is 885. The van der Waals surface area contributed by atoms with E-state index < -0.39 is 11.8 Å². The van der Waals surface area contributed by atoms with Crippen LogP contribution in [-0.4, -0.2) is 16.8 Å². The average molecular weight is 279 g/mol. The molecule has 0 saturated heterocycles. The van der Waals surface area contributed by atoms with E-state index in [-0.39, 0.29) is 11.1 Å². The van der Waals surface area contributed by atoms with Gasteiger partial charge in [0.1, 0.15) is 0 Å². The van der Waals surface area contributed by atoms with Crippen LogP contribution >= 0.6 is 0 Å². The number of benzene rings is 2. The molecule has 2 aromatic carbocycles. The second-order valence-corrected chi connectivity index (χ2v) is 4.15. The summed E-state index contributed by atoms with van der Waals surface area (Å²) in [5.74, 6) is -1.43. The second-order valence-electron chi connectivity index (χ2n) is 4.15. The van der Waals surface area contributed by atoms with E-state index in [1.807, 2.05) is 0 Å². The average Bonchev–Trinajstić information content (AvgIpc) is 2.50. The second kappa shape index (κ2) is 4.53. The Kier molecular flexibility index (Phi) is 2.70. The SMILES string of the molecule is [N-]=[N+]=Nc1ccc2c3c(cccc13)C(=O)N(N=[N+]=[N-])C2=O. The van der Waals surface area contributed by atoms with E-state index in [1.165, 1.54) is 18.2 Å². The summed E-state index contributed by atoms with van der Waals surface area (Å²) in [7, 11) is 0. The quantitative estimate of drug-likeness (QED) is 0.359. The van der Waals surface area contributed by atoms with Crippen molar-refractivity contribution in [3.63, 3.8) is 0 Å². The van der Waals surface area contributed by atoms with Gasteiger partial charge in [0.05, 0.1) is 11.1 Å². The minimum Gasteiger partial charge on any atom is -0.240 e. The van der Waals surface area contributed by atoms with Gasteiger partial charge in [-0.1, -0.05) is 23.3 Å². The predicted octanol–water partition coefficient (Wildman–Crippen LogP) is 3.60. The zero-order valence-electron chi connectivity index (χ0n) is 10.3. The highest BCUT2D eigenvalue weighted by atomic mass is 16.2. The topological polar surface area (TPSA) is 135 Å². The molecule has 0 bridgehead atoms. The van der Waals surface area contributed by atoms with E-state index in [0.29, 0.717) is 21.5 Å². The van der Waals surface area contributed by atoms with Gasteiger partial charge < -0.3 is 0 Å². The van der Waals surface area contributed by atoms with Gasteiger partial charge in [-0.25, -0.2) is 9.59 Å². The summed E-state index contributed by atoms with van der Waals surface area (Å²) in [5, 5.41) is 8.02. The molecule has 1 heterocycles. The molecule has 0 fully saturated rings. The summed E-state index contributed by atoms with van der Waals surface area (Å²) in [6.45, 7) is 0. The molecule has 100 valence electrons. The van der Waals surface area contributed by atoms with Crippen LogP contribution in [0.5, 0.6) is 0 Å². The molecule has 0 N–H and O–H groups in total. The van der Waals surface area contributed by atoms with Crippen LogP contribution < -0.4 is 0 Å². The molecule has 0 aromatic heterocycles. The number of azide groups is 2. The van der Waals surface area contributed by atoms with Gasteiger partial charge in [0, 0.05) is 16.0 Å². The Balaban J connectivity index is 2.43. The Hall–Kier alpha value is -3.54. The lowest BCUT2D eigenvalue weighted by Gasteiger charge is -2.19. The molecule has 0 atom stereocenters. The highest BCUT2D eigenvalue weighted by Gasteiger charge is 2.37. The molecule has 0 aliphatic carbocycles. The highest BCUT2D eigenvalue weighted by molar-refractivity contribution is 6.26. The van der Waals surface area contributed by atoms with Crippen LogP contribution in [0.15, 0.2) is 40.7 Å². The van der Waals surface area contributed by atoms with Crippen molar-refractivity contribution >= 4 is 28.3 Å². The maximum Gasteiger partial charge on any atom is 0.352 e. The maximum atomic E-state index is 12.2. The van der Waals surface area contributed by atoms with Gasteiger partial charge in [-0.15, -0.1) is 10.5 Å². The van der Waals surface area contributed by atoms with Crippen LogP contribution in [0.25, 0.3) is 31.7 Å². The predicted molar refractivity (Wildman–Crippen MR) is 72.4 cm³/mol. The summed E-state index contributed by atoms with van der Waals surface area (Å²) in [5.41, 5.74) is 17.8. The van der Waals surface area contributed by atoms with E-state index in [2.05, 4.69) is 20.2 Å². The number of hydrogen-bond acceptors (Lipinski definition) is 4. The van der Waals surface area contributed by atoms with Crippen LogP contribution in [0, 0.1) is 0 Å². The molecule has 0 spiro atoms. The van der Waals surface area contributed by atoms with Gasteiger partial charge in [-0.3, -0.25) is 0 Å². The fourth-order valence-corrected chi connectivity index (χ4v) is 2.32. The van der Waals surface area contributed by atoms with Crippen LogP contribution in [0.2, 0.25) is 0 Å². The number of imide groups is 1. The van der Waals surface area contributed by atoms with Crippen LogP contribution in [-0.2, 0) is 0 Å². The Labute approximate surface area is 116 Å². The lowest BCUT2D eigenvalue weighted by Crippen LogP contribution is -2.35. The first-order valence-corrected chi connectivity index (χ1v) is 5.73. The minimum absolute atomic E-state index is 0.212. The largest absolute Gasteiger partial charge is 0.352 e. The van der Waals surface area contributed by atoms with Gasteiger partial charge in [-0.05, 0) is 28.3 Å². The molecule has 0 radical (unpaired) electrons. The van der Waals surface area contributed by atoms with Gasteiger partial charge in [0.2, 0.25) is 0 Å². The Morgan fingerprint density at radius 3 is 2.33 bits per heavy atom. The van der Waals surface area contributed by atoms with Crippen molar-refractivity contribution in [3.05, 3.63) is 62.3 Å². The number of nitrogens with zero attached hydrogens (tertiary/aromatic N) is 7. The molecule has 0 saturated carbocycles. The highest BCUT2D eigenvalue weighted by Crippen LogP contribution is 2.35. The molecule has 1 aliphatic heterocycles. The fraction of sp³-hybridized carbons (Fsp3) is 0. The molecular weight excluding hydrogens is 274 g/mol. The van der Waals surface area contributed by atoms with Crippen molar-refractivity contribution in [1.29, 1.82) is 0 Å². The van der Waals surface area contributed by atoms with Crippen LogP contribution in [0.3, 0.4) is 0 Å². The normalized spacial score (nSPS) is 12.9. The monoisotopic (exact) mass is 279 g/mol. The Morgan fingerprint density at radius 1 is 0.952 bits per heavy atom. The minimum atomic E-state index is -0.714. The first kappa shape index (κ1) is 12.5.